The van der Waals surface area contributed by atoms with Crippen LogP contribution in [0.5, 0.6) is 0 Å². The highest BCUT2D eigenvalue weighted by atomic mass is 32.1. The van der Waals surface area contributed by atoms with Crippen LogP contribution in [-0.2, 0) is 22.5 Å². The van der Waals surface area contributed by atoms with Crippen LogP contribution in [0.1, 0.15) is 45.7 Å². The minimum Gasteiger partial charge on any atom is -0.465 e. The third kappa shape index (κ3) is 4.90. The van der Waals surface area contributed by atoms with Gasteiger partial charge in [0.1, 0.15) is 5.00 Å². The van der Waals surface area contributed by atoms with E-state index in [2.05, 4.69) is 19.2 Å². The molecule has 1 N–H and O–H groups in total. The van der Waals surface area contributed by atoms with Crippen molar-refractivity contribution in [3.8, 4) is 0 Å². The van der Waals surface area contributed by atoms with Crippen molar-refractivity contribution in [3.05, 3.63) is 51.9 Å². The standard InChI is InChI=1S/C19H23NO4S/c1-12(2)8-15-11-25-18(16(15)19(22)24-4)20-17(21)14-7-5-6-13(9-14)10-23-3/h5-7,9,11-12H,8,10H2,1-4H3,(H,20,21). The van der Waals surface area contributed by atoms with Gasteiger partial charge in [0.2, 0.25) is 0 Å². The molecule has 0 spiro atoms. The quantitative estimate of drug-likeness (QED) is 0.753. The van der Waals surface area contributed by atoms with Gasteiger partial charge >= 0.3 is 5.97 Å². The minimum absolute atomic E-state index is 0.263. The van der Waals surface area contributed by atoms with E-state index in [0.717, 1.165) is 17.5 Å². The lowest BCUT2D eigenvalue weighted by atomic mass is 10.0. The van der Waals surface area contributed by atoms with Crippen LogP contribution in [0, 0.1) is 5.92 Å². The maximum Gasteiger partial charge on any atom is 0.341 e. The molecule has 0 aliphatic rings. The van der Waals surface area contributed by atoms with Crippen molar-refractivity contribution in [3.63, 3.8) is 0 Å². The molecule has 1 aromatic carbocycles. The van der Waals surface area contributed by atoms with E-state index in [4.69, 9.17) is 9.47 Å². The summed E-state index contributed by atoms with van der Waals surface area (Å²) < 4.78 is 9.99. The van der Waals surface area contributed by atoms with E-state index in [0.29, 0.717) is 28.7 Å². The topological polar surface area (TPSA) is 64.6 Å². The highest BCUT2D eigenvalue weighted by molar-refractivity contribution is 7.15. The summed E-state index contributed by atoms with van der Waals surface area (Å²) >= 11 is 1.34. The zero-order valence-corrected chi connectivity index (χ0v) is 15.7. The zero-order valence-electron chi connectivity index (χ0n) is 14.9. The fraction of sp³-hybridized carbons (Fsp3) is 0.368. The van der Waals surface area contributed by atoms with Crippen LogP contribution in [0.3, 0.4) is 0 Å². The van der Waals surface area contributed by atoms with Gasteiger partial charge in [-0.3, -0.25) is 4.79 Å². The number of hydrogen-bond acceptors (Lipinski definition) is 5. The smallest absolute Gasteiger partial charge is 0.341 e. The van der Waals surface area contributed by atoms with E-state index < -0.39 is 5.97 Å². The van der Waals surface area contributed by atoms with Gasteiger partial charge < -0.3 is 14.8 Å². The van der Waals surface area contributed by atoms with Crippen LogP contribution in [0.4, 0.5) is 5.00 Å². The second-order valence-corrected chi connectivity index (χ2v) is 7.02. The first-order valence-corrected chi connectivity index (χ1v) is 8.92. The summed E-state index contributed by atoms with van der Waals surface area (Å²) in [7, 11) is 2.95. The Morgan fingerprint density at radius 1 is 1.24 bits per heavy atom. The van der Waals surface area contributed by atoms with Crippen molar-refractivity contribution in [1.82, 2.24) is 0 Å². The van der Waals surface area contributed by atoms with Crippen molar-refractivity contribution in [2.75, 3.05) is 19.5 Å². The predicted octanol–water partition coefficient (Wildman–Crippen LogP) is 4.13. The molecule has 0 saturated heterocycles. The van der Waals surface area contributed by atoms with Crippen molar-refractivity contribution >= 4 is 28.2 Å². The molecule has 5 nitrogen and oxygen atoms in total. The maximum absolute atomic E-state index is 12.6. The van der Waals surface area contributed by atoms with Gasteiger partial charge in [0.25, 0.3) is 5.91 Å². The number of nitrogens with one attached hydrogen (secondary N) is 1. The van der Waals surface area contributed by atoms with Crippen LogP contribution in [0.2, 0.25) is 0 Å². The SMILES string of the molecule is COCc1cccc(C(=O)Nc2scc(CC(C)C)c2C(=O)OC)c1. The second-order valence-electron chi connectivity index (χ2n) is 6.14. The summed E-state index contributed by atoms with van der Waals surface area (Å²) in [5.41, 5.74) is 2.78. The van der Waals surface area contributed by atoms with Gasteiger partial charge in [-0.05, 0) is 41.0 Å². The van der Waals surface area contributed by atoms with Gasteiger partial charge in [0, 0.05) is 12.7 Å². The Hall–Kier alpha value is -2.18. The number of methoxy groups -OCH3 is 2. The van der Waals surface area contributed by atoms with Crippen LogP contribution >= 0.6 is 11.3 Å². The van der Waals surface area contributed by atoms with Gasteiger partial charge in [0.15, 0.2) is 0 Å². The van der Waals surface area contributed by atoms with Crippen LogP contribution in [-0.4, -0.2) is 26.1 Å². The summed E-state index contributed by atoms with van der Waals surface area (Å²) in [5, 5.41) is 5.27. The molecule has 1 aromatic heterocycles. The van der Waals surface area contributed by atoms with Crippen molar-refractivity contribution in [2.45, 2.75) is 26.9 Å². The maximum atomic E-state index is 12.6. The number of thiophene rings is 1. The highest BCUT2D eigenvalue weighted by Crippen LogP contribution is 2.31. The summed E-state index contributed by atoms with van der Waals surface area (Å²) in [6, 6.07) is 7.21. The predicted molar refractivity (Wildman–Crippen MR) is 99.3 cm³/mol. The monoisotopic (exact) mass is 361 g/mol. The molecule has 1 amide bonds. The van der Waals surface area contributed by atoms with Gasteiger partial charge in [0.05, 0.1) is 19.3 Å². The first-order valence-electron chi connectivity index (χ1n) is 8.04. The lowest BCUT2D eigenvalue weighted by Gasteiger charge is -2.09. The molecular weight excluding hydrogens is 338 g/mol. The third-order valence-corrected chi connectivity index (χ3v) is 4.56. The fourth-order valence-corrected chi connectivity index (χ4v) is 3.50. The molecule has 0 aliphatic carbocycles. The molecule has 0 atom stereocenters. The van der Waals surface area contributed by atoms with E-state index in [1.807, 2.05) is 17.5 Å². The molecule has 0 radical (unpaired) electrons. The number of carbonyl (C=O) groups is 2. The molecular formula is C19H23NO4S. The number of carbonyl (C=O) groups excluding carboxylic acids is 2. The second kappa shape index (κ2) is 8.78. The largest absolute Gasteiger partial charge is 0.465 e. The molecule has 134 valence electrons. The molecule has 2 rings (SSSR count). The number of anilines is 1. The molecule has 6 heteroatoms. The average Bonchev–Trinajstić information content (AvgIpc) is 2.96. The summed E-state index contributed by atoms with van der Waals surface area (Å²) in [5.74, 6) is -0.298. The van der Waals surface area contributed by atoms with Gasteiger partial charge in [-0.15, -0.1) is 11.3 Å². The summed E-state index contributed by atoms with van der Waals surface area (Å²) in [4.78, 5) is 24.7. The Labute approximate surface area is 152 Å². The van der Waals surface area contributed by atoms with Crippen molar-refractivity contribution in [2.24, 2.45) is 5.92 Å². The van der Waals surface area contributed by atoms with E-state index in [1.54, 1.807) is 19.2 Å². The molecule has 0 unspecified atom stereocenters. The number of ether oxygens (including phenoxy) is 2. The Morgan fingerprint density at radius 3 is 2.64 bits per heavy atom. The van der Waals surface area contributed by atoms with Crippen molar-refractivity contribution < 1.29 is 19.1 Å². The van der Waals surface area contributed by atoms with E-state index in [-0.39, 0.29) is 5.91 Å². The number of amides is 1. The number of rotatable bonds is 7. The molecule has 0 aliphatic heterocycles. The lowest BCUT2D eigenvalue weighted by molar-refractivity contribution is 0.0601. The summed E-state index contributed by atoms with van der Waals surface area (Å²) in [6.45, 7) is 4.60. The first-order chi connectivity index (χ1) is 12.0. The molecule has 1 heterocycles. The number of esters is 1. The average molecular weight is 361 g/mol. The van der Waals surface area contributed by atoms with E-state index in [1.165, 1.54) is 18.4 Å². The fourth-order valence-electron chi connectivity index (χ4n) is 2.55. The molecule has 2 aromatic rings. The summed E-state index contributed by atoms with van der Waals surface area (Å²) in [6.07, 6.45) is 0.750. The Kier molecular flexibility index (Phi) is 6.73. The van der Waals surface area contributed by atoms with Gasteiger partial charge in [-0.1, -0.05) is 26.0 Å². The molecule has 0 bridgehead atoms. The van der Waals surface area contributed by atoms with Gasteiger partial charge in [-0.2, -0.15) is 0 Å². The van der Waals surface area contributed by atoms with Crippen molar-refractivity contribution in [1.29, 1.82) is 0 Å². The normalized spacial score (nSPS) is 10.8. The van der Waals surface area contributed by atoms with E-state index in [9.17, 15) is 9.59 Å². The number of benzene rings is 1. The first kappa shape index (κ1) is 19.1. The third-order valence-electron chi connectivity index (χ3n) is 3.61. The van der Waals surface area contributed by atoms with Crippen LogP contribution < -0.4 is 5.32 Å². The highest BCUT2D eigenvalue weighted by Gasteiger charge is 2.22. The van der Waals surface area contributed by atoms with E-state index >= 15 is 0 Å². The zero-order chi connectivity index (χ0) is 18.4. The Balaban J connectivity index is 2.27. The van der Waals surface area contributed by atoms with Gasteiger partial charge in [-0.25, -0.2) is 4.79 Å². The van der Waals surface area contributed by atoms with Crippen LogP contribution in [0.25, 0.3) is 0 Å². The molecule has 25 heavy (non-hydrogen) atoms. The number of hydrogen-bond donors (Lipinski definition) is 1. The lowest BCUT2D eigenvalue weighted by Crippen LogP contribution is -2.15. The van der Waals surface area contributed by atoms with Crippen LogP contribution in [0.15, 0.2) is 29.6 Å². The Bertz CT molecular complexity index is 752. The Morgan fingerprint density at radius 2 is 2.00 bits per heavy atom. The minimum atomic E-state index is -0.430. The molecule has 0 fully saturated rings. The molecule has 0 saturated carbocycles.